The van der Waals surface area contributed by atoms with Gasteiger partial charge < -0.3 is 11.1 Å². The molecule has 3 N–H and O–H groups in total. The van der Waals surface area contributed by atoms with Gasteiger partial charge in [-0.05, 0) is 37.1 Å². The molecule has 6 nitrogen and oxygen atoms in total. The number of nitrogens with one attached hydrogen (secondary N) is 1. The summed E-state index contributed by atoms with van der Waals surface area (Å²) in [7, 11) is 0. The lowest BCUT2D eigenvalue weighted by atomic mass is 10.2. The molecule has 0 spiro atoms. The average molecular weight is 352 g/mol. The number of carbonyl (C=O) groups excluding carboxylic acids is 1. The summed E-state index contributed by atoms with van der Waals surface area (Å²) in [6.07, 6.45) is 2.49. The molecule has 2 aromatic rings. The molecule has 0 aliphatic rings. The maximum atomic E-state index is 12.0. The topological polar surface area (TPSA) is 85.8 Å². The molecule has 1 aromatic carbocycles. The van der Waals surface area contributed by atoms with Crippen LogP contribution in [0, 0.1) is 6.92 Å². The van der Waals surface area contributed by atoms with Gasteiger partial charge in [-0.15, -0.1) is 5.10 Å². The molecule has 112 valence electrons. The van der Waals surface area contributed by atoms with E-state index in [1.165, 1.54) is 4.68 Å². The van der Waals surface area contributed by atoms with E-state index in [9.17, 15) is 4.79 Å². The Bertz CT molecular complexity index is 640. The van der Waals surface area contributed by atoms with Crippen LogP contribution in [0.3, 0.4) is 0 Å². The number of carbonyl (C=O) groups is 1. The highest BCUT2D eigenvalue weighted by Crippen LogP contribution is 2.20. The molecule has 1 unspecified atom stereocenters. The van der Waals surface area contributed by atoms with E-state index in [2.05, 4.69) is 31.6 Å². The second-order valence-corrected chi connectivity index (χ2v) is 5.78. The van der Waals surface area contributed by atoms with Crippen molar-refractivity contribution in [1.29, 1.82) is 0 Å². The number of anilines is 1. The van der Waals surface area contributed by atoms with Gasteiger partial charge in [-0.1, -0.05) is 28.1 Å². The van der Waals surface area contributed by atoms with Crippen molar-refractivity contribution in [1.82, 2.24) is 15.0 Å². The number of aryl methyl sites for hydroxylation is 1. The van der Waals surface area contributed by atoms with Crippen LogP contribution < -0.4 is 11.1 Å². The lowest BCUT2D eigenvalue weighted by Gasteiger charge is -2.08. The first-order valence-electron chi connectivity index (χ1n) is 6.71. The van der Waals surface area contributed by atoms with Crippen LogP contribution in [0.4, 0.5) is 5.69 Å². The maximum Gasteiger partial charge on any atom is 0.246 e. The number of aromatic nitrogens is 3. The normalized spacial score (nSPS) is 12.2. The summed E-state index contributed by atoms with van der Waals surface area (Å²) in [5, 5.41) is 10.8. The van der Waals surface area contributed by atoms with Crippen LogP contribution in [0.25, 0.3) is 0 Å². The van der Waals surface area contributed by atoms with Crippen molar-refractivity contribution >= 4 is 27.5 Å². The zero-order valence-corrected chi connectivity index (χ0v) is 13.6. The molecule has 0 aliphatic carbocycles. The fourth-order valence-corrected chi connectivity index (χ4v) is 2.35. The predicted octanol–water partition coefficient (Wildman–Crippen LogP) is 2.40. The first-order valence-corrected chi connectivity index (χ1v) is 7.50. The molecule has 0 radical (unpaired) electrons. The molecule has 7 heteroatoms. The minimum Gasteiger partial charge on any atom is -0.324 e. The molecular weight excluding hydrogens is 334 g/mol. The summed E-state index contributed by atoms with van der Waals surface area (Å²) in [6, 6.07) is 5.55. The van der Waals surface area contributed by atoms with E-state index in [1.54, 1.807) is 6.20 Å². The Hall–Kier alpha value is -1.73. The summed E-state index contributed by atoms with van der Waals surface area (Å²) in [5.41, 5.74) is 8.35. The van der Waals surface area contributed by atoms with E-state index >= 15 is 0 Å². The molecular formula is C14H18BrN5O. The number of nitrogens with zero attached hydrogens (tertiary/aromatic N) is 3. The number of benzene rings is 1. The molecule has 1 amide bonds. The molecule has 0 aliphatic heterocycles. The lowest BCUT2D eigenvalue weighted by Crippen LogP contribution is -2.19. The zero-order valence-electron chi connectivity index (χ0n) is 12.0. The van der Waals surface area contributed by atoms with Gasteiger partial charge in [0.2, 0.25) is 5.91 Å². The Kier molecular flexibility index (Phi) is 5.08. The number of hydrogen-bond acceptors (Lipinski definition) is 4. The Balaban J connectivity index is 2.00. The van der Waals surface area contributed by atoms with Gasteiger partial charge in [0.25, 0.3) is 0 Å². The zero-order chi connectivity index (χ0) is 15.4. The van der Waals surface area contributed by atoms with Gasteiger partial charge in [0.1, 0.15) is 6.54 Å². The van der Waals surface area contributed by atoms with Gasteiger partial charge in [0, 0.05) is 10.2 Å². The van der Waals surface area contributed by atoms with Gasteiger partial charge in [-0.2, -0.15) is 0 Å². The minimum atomic E-state index is -0.151. The highest BCUT2D eigenvalue weighted by atomic mass is 79.9. The Labute approximate surface area is 131 Å². The molecule has 1 atom stereocenters. The Morgan fingerprint density at radius 1 is 1.52 bits per heavy atom. The second kappa shape index (κ2) is 6.82. The number of rotatable bonds is 5. The largest absolute Gasteiger partial charge is 0.324 e. The predicted molar refractivity (Wildman–Crippen MR) is 84.8 cm³/mol. The molecule has 1 aromatic heterocycles. The maximum absolute atomic E-state index is 12.0. The summed E-state index contributed by atoms with van der Waals surface area (Å²) >= 11 is 3.39. The standard InChI is InChI=1S/C14H18BrN5O/c1-3-11(16)13-7-20(19-18-13)8-14(21)17-12-5-4-10(15)6-9(12)2/h4-7,11H,3,8,16H2,1-2H3,(H,17,21). The van der Waals surface area contributed by atoms with Gasteiger partial charge in [0.15, 0.2) is 0 Å². The van der Waals surface area contributed by atoms with Crippen molar-refractivity contribution in [3.63, 3.8) is 0 Å². The molecule has 1 heterocycles. The van der Waals surface area contributed by atoms with Crippen molar-refractivity contribution < 1.29 is 4.79 Å². The quantitative estimate of drug-likeness (QED) is 0.865. The smallest absolute Gasteiger partial charge is 0.246 e. The van der Waals surface area contributed by atoms with E-state index < -0.39 is 0 Å². The van der Waals surface area contributed by atoms with Crippen LogP contribution in [0.5, 0.6) is 0 Å². The van der Waals surface area contributed by atoms with Crippen LogP contribution in [-0.2, 0) is 11.3 Å². The molecule has 0 fully saturated rings. The number of halogens is 1. The fourth-order valence-electron chi connectivity index (χ4n) is 1.87. The second-order valence-electron chi connectivity index (χ2n) is 4.86. The minimum absolute atomic E-state index is 0.110. The Morgan fingerprint density at radius 3 is 2.95 bits per heavy atom. The van der Waals surface area contributed by atoms with Crippen molar-refractivity contribution in [3.05, 3.63) is 40.1 Å². The fraction of sp³-hybridized carbons (Fsp3) is 0.357. The first-order chi connectivity index (χ1) is 9.99. The average Bonchev–Trinajstić information content (AvgIpc) is 2.89. The van der Waals surface area contributed by atoms with Crippen LogP contribution >= 0.6 is 15.9 Å². The van der Waals surface area contributed by atoms with Crippen LogP contribution in [0.15, 0.2) is 28.9 Å². The molecule has 0 bridgehead atoms. The van der Waals surface area contributed by atoms with Gasteiger partial charge in [0.05, 0.1) is 17.9 Å². The third-order valence-electron chi connectivity index (χ3n) is 3.14. The van der Waals surface area contributed by atoms with Gasteiger partial charge in [-0.3, -0.25) is 4.79 Å². The van der Waals surface area contributed by atoms with E-state index in [0.717, 1.165) is 22.1 Å². The Morgan fingerprint density at radius 2 is 2.29 bits per heavy atom. The molecule has 21 heavy (non-hydrogen) atoms. The third-order valence-corrected chi connectivity index (χ3v) is 3.64. The number of nitrogens with two attached hydrogens (primary N) is 1. The highest BCUT2D eigenvalue weighted by Gasteiger charge is 2.11. The summed E-state index contributed by atoms with van der Waals surface area (Å²) in [6.45, 7) is 4.03. The summed E-state index contributed by atoms with van der Waals surface area (Å²) < 4.78 is 2.47. The monoisotopic (exact) mass is 351 g/mol. The van der Waals surface area contributed by atoms with Crippen molar-refractivity contribution in [2.75, 3.05) is 5.32 Å². The SMILES string of the molecule is CCC(N)c1cn(CC(=O)Nc2ccc(Br)cc2C)nn1. The van der Waals surface area contributed by atoms with Gasteiger partial charge in [-0.25, -0.2) is 4.68 Å². The van der Waals surface area contributed by atoms with E-state index in [4.69, 9.17) is 5.73 Å². The van der Waals surface area contributed by atoms with E-state index in [1.807, 2.05) is 32.0 Å². The number of amides is 1. The first kappa shape index (κ1) is 15.7. The van der Waals surface area contributed by atoms with Crippen molar-refractivity contribution in [2.24, 2.45) is 5.73 Å². The molecule has 0 saturated heterocycles. The lowest BCUT2D eigenvalue weighted by molar-refractivity contribution is -0.116. The molecule has 0 saturated carbocycles. The van der Waals surface area contributed by atoms with Crippen LogP contribution in [0.2, 0.25) is 0 Å². The third kappa shape index (κ3) is 4.12. The summed E-state index contributed by atoms with van der Waals surface area (Å²) in [4.78, 5) is 12.0. The van der Waals surface area contributed by atoms with E-state index in [-0.39, 0.29) is 18.5 Å². The number of hydrogen-bond donors (Lipinski definition) is 2. The van der Waals surface area contributed by atoms with E-state index in [0.29, 0.717) is 5.69 Å². The highest BCUT2D eigenvalue weighted by molar-refractivity contribution is 9.10. The molecule has 2 rings (SSSR count). The van der Waals surface area contributed by atoms with Crippen molar-refractivity contribution in [3.8, 4) is 0 Å². The van der Waals surface area contributed by atoms with Crippen molar-refractivity contribution in [2.45, 2.75) is 32.9 Å². The van der Waals surface area contributed by atoms with Crippen LogP contribution in [0.1, 0.15) is 30.6 Å². The summed E-state index contributed by atoms with van der Waals surface area (Å²) in [5.74, 6) is -0.151. The van der Waals surface area contributed by atoms with Gasteiger partial charge >= 0.3 is 0 Å². The van der Waals surface area contributed by atoms with Crippen LogP contribution in [-0.4, -0.2) is 20.9 Å².